The van der Waals surface area contributed by atoms with Crippen molar-refractivity contribution in [2.75, 3.05) is 0 Å². The van der Waals surface area contributed by atoms with Gasteiger partial charge in [0.2, 0.25) is 5.82 Å². The first-order chi connectivity index (χ1) is 10.4. The standard InChI is InChI=1S/C16H15N5/c1-2-6-11(7-3-1)15-12-8-4-5-9-14(12)17-10-13(15)16-18-20-21-19-16/h1-3,6-7,10H,4-5,8-9H2,(H,18,19,20,21). The third kappa shape index (κ3) is 2.11. The number of nitrogens with one attached hydrogen (secondary N) is 1. The monoisotopic (exact) mass is 277 g/mol. The zero-order valence-electron chi connectivity index (χ0n) is 11.6. The van der Waals surface area contributed by atoms with Crippen molar-refractivity contribution in [3.63, 3.8) is 0 Å². The van der Waals surface area contributed by atoms with E-state index in [-0.39, 0.29) is 0 Å². The third-order valence-corrected chi connectivity index (χ3v) is 4.01. The lowest BCUT2D eigenvalue weighted by Gasteiger charge is -2.20. The van der Waals surface area contributed by atoms with Crippen LogP contribution in [0, 0.1) is 0 Å². The molecule has 0 bridgehead atoms. The van der Waals surface area contributed by atoms with Gasteiger partial charge in [0.15, 0.2) is 0 Å². The van der Waals surface area contributed by atoms with Crippen molar-refractivity contribution in [2.24, 2.45) is 0 Å². The number of aryl methyl sites for hydroxylation is 1. The molecule has 0 atom stereocenters. The second-order valence-corrected chi connectivity index (χ2v) is 5.28. The van der Waals surface area contributed by atoms with E-state index in [0.29, 0.717) is 5.82 Å². The molecule has 5 heteroatoms. The highest BCUT2D eigenvalue weighted by Crippen LogP contribution is 2.36. The smallest absolute Gasteiger partial charge is 0.206 e. The fourth-order valence-electron chi connectivity index (χ4n) is 3.05. The molecule has 0 spiro atoms. The Labute approximate surface area is 122 Å². The second-order valence-electron chi connectivity index (χ2n) is 5.28. The van der Waals surface area contributed by atoms with E-state index in [2.05, 4.69) is 49.9 Å². The van der Waals surface area contributed by atoms with Gasteiger partial charge in [-0.1, -0.05) is 30.3 Å². The number of rotatable bonds is 2. The fraction of sp³-hybridized carbons (Fsp3) is 0.250. The number of hydrogen-bond donors (Lipinski definition) is 1. The molecule has 1 N–H and O–H groups in total. The lowest BCUT2D eigenvalue weighted by atomic mass is 9.87. The molecule has 2 heterocycles. The van der Waals surface area contributed by atoms with E-state index in [4.69, 9.17) is 0 Å². The Morgan fingerprint density at radius 2 is 1.86 bits per heavy atom. The summed E-state index contributed by atoms with van der Waals surface area (Å²) in [5.41, 5.74) is 5.91. The minimum atomic E-state index is 0.606. The minimum Gasteiger partial charge on any atom is -0.260 e. The first-order valence-corrected chi connectivity index (χ1v) is 7.23. The van der Waals surface area contributed by atoms with E-state index in [0.717, 1.165) is 18.4 Å². The van der Waals surface area contributed by atoms with E-state index in [1.54, 1.807) is 0 Å². The average molecular weight is 277 g/mol. The summed E-state index contributed by atoms with van der Waals surface area (Å²) in [6.07, 6.45) is 6.44. The molecular weight excluding hydrogens is 262 g/mol. The summed E-state index contributed by atoms with van der Waals surface area (Å²) in [4.78, 5) is 4.64. The van der Waals surface area contributed by atoms with Crippen molar-refractivity contribution in [3.05, 3.63) is 47.8 Å². The predicted molar refractivity (Wildman–Crippen MR) is 79.5 cm³/mol. The molecule has 0 saturated carbocycles. The molecule has 0 aliphatic heterocycles. The van der Waals surface area contributed by atoms with Gasteiger partial charge in [0.25, 0.3) is 0 Å². The zero-order chi connectivity index (χ0) is 14.1. The van der Waals surface area contributed by atoms with Crippen molar-refractivity contribution in [1.82, 2.24) is 25.6 Å². The maximum absolute atomic E-state index is 4.64. The summed E-state index contributed by atoms with van der Waals surface area (Å²) in [6.45, 7) is 0. The van der Waals surface area contributed by atoms with Crippen molar-refractivity contribution in [2.45, 2.75) is 25.7 Å². The van der Waals surface area contributed by atoms with E-state index >= 15 is 0 Å². The summed E-state index contributed by atoms with van der Waals surface area (Å²) in [5.74, 6) is 0.606. The van der Waals surface area contributed by atoms with E-state index in [9.17, 15) is 0 Å². The van der Waals surface area contributed by atoms with Gasteiger partial charge in [-0.05, 0) is 47.6 Å². The molecule has 0 unspecified atom stereocenters. The molecule has 3 aromatic rings. The van der Waals surface area contributed by atoms with Gasteiger partial charge in [-0.3, -0.25) is 4.98 Å². The molecule has 1 aromatic carbocycles. The van der Waals surface area contributed by atoms with Crippen LogP contribution in [0.15, 0.2) is 36.5 Å². The highest BCUT2D eigenvalue weighted by Gasteiger charge is 2.21. The Hall–Kier alpha value is -2.56. The zero-order valence-corrected chi connectivity index (χ0v) is 11.6. The number of nitrogens with zero attached hydrogens (tertiary/aromatic N) is 4. The van der Waals surface area contributed by atoms with Gasteiger partial charge in [0.05, 0.1) is 0 Å². The number of fused-ring (bicyclic) bond motifs is 1. The van der Waals surface area contributed by atoms with Gasteiger partial charge in [-0.25, -0.2) is 0 Å². The summed E-state index contributed by atoms with van der Waals surface area (Å²) < 4.78 is 0. The molecule has 4 rings (SSSR count). The number of pyridine rings is 1. The van der Waals surface area contributed by atoms with Crippen LogP contribution in [-0.4, -0.2) is 25.6 Å². The first-order valence-electron chi connectivity index (χ1n) is 7.23. The van der Waals surface area contributed by atoms with Crippen LogP contribution in [-0.2, 0) is 12.8 Å². The van der Waals surface area contributed by atoms with Crippen LogP contribution in [0.1, 0.15) is 24.1 Å². The average Bonchev–Trinajstić information content (AvgIpc) is 3.09. The SMILES string of the molecule is c1ccc(-c2c(-c3nn[nH]n3)cnc3c2CCCC3)cc1. The van der Waals surface area contributed by atoms with Crippen LogP contribution in [0.25, 0.3) is 22.5 Å². The predicted octanol–water partition coefficient (Wildman–Crippen LogP) is 2.81. The van der Waals surface area contributed by atoms with E-state index in [1.807, 2.05) is 12.3 Å². The normalized spacial score (nSPS) is 13.9. The molecule has 0 saturated heterocycles. The lowest BCUT2D eigenvalue weighted by Crippen LogP contribution is -2.08. The topological polar surface area (TPSA) is 67.3 Å². The Bertz CT molecular complexity index is 750. The Kier molecular flexibility index (Phi) is 2.96. The van der Waals surface area contributed by atoms with Gasteiger partial charge in [0, 0.05) is 17.5 Å². The number of aromatic nitrogens is 5. The van der Waals surface area contributed by atoms with Crippen LogP contribution < -0.4 is 0 Å². The molecule has 104 valence electrons. The molecule has 0 amide bonds. The van der Waals surface area contributed by atoms with Crippen LogP contribution >= 0.6 is 0 Å². The lowest BCUT2D eigenvalue weighted by molar-refractivity contribution is 0.669. The third-order valence-electron chi connectivity index (χ3n) is 4.01. The number of H-pyrrole nitrogens is 1. The van der Waals surface area contributed by atoms with Gasteiger partial charge in [-0.2, -0.15) is 5.21 Å². The summed E-state index contributed by atoms with van der Waals surface area (Å²) in [6, 6.07) is 10.4. The Balaban J connectivity index is 2.00. The number of benzene rings is 1. The van der Waals surface area contributed by atoms with Crippen molar-refractivity contribution in [3.8, 4) is 22.5 Å². The Morgan fingerprint density at radius 1 is 1.00 bits per heavy atom. The van der Waals surface area contributed by atoms with Crippen LogP contribution in [0.4, 0.5) is 0 Å². The fourth-order valence-corrected chi connectivity index (χ4v) is 3.05. The van der Waals surface area contributed by atoms with Gasteiger partial charge >= 0.3 is 0 Å². The summed E-state index contributed by atoms with van der Waals surface area (Å²) in [7, 11) is 0. The maximum atomic E-state index is 4.64. The highest BCUT2D eigenvalue weighted by molar-refractivity contribution is 5.83. The quantitative estimate of drug-likeness (QED) is 0.782. The first kappa shape index (κ1) is 12.2. The van der Waals surface area contributed by atoms with Crippen LogP contribution in [0.2, 0.25) is 0 Å². The van der Waals surface area contributed by atoms with Crippen molar-refractivity contribution in [1.29, 1.82) is 0 Å². The van der Waals surface area contributed by atoms with Crippen molar-refractivity contribution >= 4 is 0 Å². The molecule has 21 heavy (non-hydrogen) atoms. The van der Waals surface area contributed by atoms with Gasteiger partial charge in [-0.15, -0.1) is 10.2 Å². The van der Waals surface area contributed by atoms with Crippen LogP contribution in [0.3, 0.4) is 0 Å². The largest absolute Gasteiger partial charge is 0.260 e. The number of aromatic amines is 1. The van der Waals surface area contributed by atoms with Gasteiger partial charge < -0.3 is 0 Å². The maximum Gasteiger partial charge on any atom is 0.206 e. The molecule has 2 aromatic heterocycles. The van der Waals surface area contributed by atoms with E-state index in [1.165, 1.54) is 35.2 Å². The molecule has 0 fully saturated rings. The Morgan fingerprint density at radius 3 is 2.67 bits per heavy atom. The molecule has 5 nitrogen and oxygen atoms in total. The number of hydrogen-bond acceptors (Lipinski definition) is 4. The summed E-state index contributed by atoms with van der Waals surface area (Å²) in [5, 5.41) is 14.5. The van der Waals surface area contributed by atoms with Crippen molar-refractivity contribution < 1.29 is 0 Å². The highest BCUT2D eigenvalue weighted by atomic mass is 15.5. The number of tetrazole rings is 1. The molecule has 1 aliphatic carbocycles. The van der Waals surface area contributed by atoms with E-state index < -0.39 is 0 Å². The second kappa shape index (κ2) is 5.09. The molecular formula is C16H15N5. The minimum absolute atomic E-state index is 0.606. The van der Waals surface area contributed by atoms with Gasteiger partial charge in [0.1, 0.15) is 0 Å². The molecule has 0 radical (unpaired) electrons. The van der Waals surface area contributed by atoms with Crippen LogP contribution in [0.5, 0.6) is 0 Å². The summed E-state index contributed by atoms with van der Waals surface area (Å²) >= 11 is 0. The molecule has 1 aliphatic rings.